The van der Waals surface area contributed by atoms with E-state index in [9.17, 15) is 30.3 Å². The summed E-state index contributed by atoms with van der Waals surface area (Å²) >= 11 is 0. The number of nitrogens with two attached hydrogens (primary N) is 1. The zero-order chi connectivity index (χ0) is 29.8. The molecular weight excluding hydrogens is 526 g/mol. The lowest BCUT2D eigenvalue weighted by Gasteiger charge is -2.22. The molecular formula is C32H41NO8. The van der Waals surface area contributed by atoms with Crippen molar-refractivity contribution in [2.24, 2.45) is 5.73 Å². The first-order valence-corrected chi connectivity index (χ1v) is 13.9. The lowest BCUT2D eigenvalue weighted by atomic mass is 9.85. The molecule has 2 atom stereocenters. The normalized spacial score (nSPS) is 12.6. The van der Waals surface area contributed by atoms with Crippen molar-refractivity contribution in [3.8, 4) is 28.7 Å². The molecule has 0 amide bonds. The Morgan fingerprint density at radius 3 is 2.34 bits per heavy atom. The lowest BCUT2D eigenvalue weighted by Crippen LogP contribution is -2.18. The molecule has 41 heavy (non-hydrogen) atoms. The number of benzene rings is 3. The molecule has 0 unspecified atom stereocenters. The van der Waals surface area contributed by atoms with E-state index in [-0.39, 0.29) is 73.0 Å². The van der Waals surface area contributed by atoms with Crippen LogP contribution in [0.4, 0.5) is 0 Å². The number of phenols is 3. The monoisotopic (exact) mass is 567 g/mol. The third-order valence-electron chi connectivity index (χ3n) is 7.23. The van der Waals surface area contributed by atoms with Gasteiger partial charge in [0.05, 0.1) is 13.2 Å². The minimum atomic E-state index is -0.921. The zero-order valence-corrected chi connectivity index (χ0v) is 23.5. The largest absolute Gasteiger partial charge is 0.504 e. The minimum Gasteiger partial charge on any atom is -0.504 e. The van der Waals surface area contributed by atoms with Crippen molar-refractivity contribution in [1.82, 2.24) is 0 Å². The molecule has 222 valence electrons. The quantitative estimate of drug-likeness (QED) is 0.104. The van der Waals surface area contributed by atoms with Crippen LogP contribution >= 0.6 is 0 Å². The van der Waals surface area contributed by atoms with Gasteiger partial charge in [-0.25, -0.2) is 0 Å². The second-order valence-electron chi connectivity index (χ2n) is 10.2. The van der Waals surface area contributed by atoms with Gasteiger partial charge in [-0.15, -0.1) is 0 Å². The number of ether oxygens (including phenoxy) is 2. The number of methoxy groups -OCH3 is 1. The van der Waals surface area contributed by atoms with Crippen molar-refractivity contribution in [3.63, 3.8) is 0 Å². The van der Waals surface area contributed by atoms with E-state index in [1.54, 1.807) is 18.2 Å². The van der Waals surface area contributed by atoms with Crippen LogP contribution in [0.25, 0.3) is 0 Å². The third-order valence-corrected chi connectivity index (χ3v) is 7.23. The third kappa shape index (κ3) is 9.38. The van der Waals surface area contributed by atoms with Crippen LogP contribution in [0.5, 0.6) is 28.7 Å². The Kier molecular flexibility index (Phi) is 12.3. The van der Waals surface area contributed by atoms with Gasteiger partial charge in [-0.3, -0.25) is 10.5 Å². The van der Waals surface area contributed by atoms with Crippen molar-refractivity contribution in [2.45, 2.75) is 63.4 Å². The summed E-state index contributed by atoms with van der Waals surface area (Å²) in [4.78, 5) is 12.8. The van der Waals surface area contributed by atoms with E-state index in [4.69, 9.17) is 15.2 Å². The van der Waals surface area contributed by atoms with Crippen LogP contribution in [-0.2, 0) is 24.1 Å². The standard InChI is InChI=1S/C32H41NO8/c1-40-31-18-25(17-29(38)32(31)39)24(11-10-23-6-3-2-5-22(23)7-4-14-34)16-27(36)19-26(35)12-8-21-9-13-28(37)30(15-21)41-20-33/h2-3,5-6,9,13,15,17-18,24,27,34,36-39H,4,7-8,10-12,14,16,19-20,33H2,1H3/t24-,27-/m1/s1. The molecule has 0 spiro atoms. The van der Waals surface area contributed by atoms with E-state index < -0.39 is 6.10 Å². The van der Waals surface area contributed by atoms with Crippen LogP contribution in [-0.4, -0.2) is 57.9 Å². The number of carbonyl (C=O) groups excluding carboxylic acids is 1. The van der Waals surface area contributed by atoms with Crippen molar-refractivity contribution < 1.29 is 39.8 Å². The SMILES string of the molecule is COc1cc([C@H](CCc2ccccc2CCCO)C[C@@H](O)CC(=O)CCc2ccc(O)c(OCN)c2)cc(O)c1O. The van der Waals surface area contributed by atoms with Crippen molar-refractivity contribution >= 4 is 5.78 Å². The van der Waals surface area contributed by atoms with Gasteiger partial charge in [0.2, 0.25) is 5.75 Å². The molecule has 0 aliphatic heterocycles. The van der Waals surface area contributed by atoms with E-state index in [0.29, 0.717) is 31.2 Å². The lowest BCUT2D eigenvalue weighted by molar-refractivity contribution is -0.121. The van der Waals surface area contributed by atoms with Crippen LogP contribution in [0.15, 0.2) is 54.6 Å². The van der Waals surface area contributed by atoms with Gasteiger partial charge in [0.25, 0.3) is 0 Å². The summed E-state index contributed by atoms with van der Waals surface area (Å²) in [6.45, 7) is 0.0291. The van der Waals surface area contributed by atoms with Gasteiger partial charge < -0.3 is 35.0 Å². The van der Waals surface area contributed by atoms with E-state index in [0.717, 1.165) is 23.1 Å². The average molecular weight is 568 g/mol. The number of hydrogen-bond donors (Lipinski definition) is 6. The van der Waals surface area contributed by atoms with Crippen LogP contribution in [0.1, 0.15) is 60.3 Å². The number of rotatable bonds is 17. The predicted molar refractivity (Wildman–Crippen MR) is 156 cm³/mol. The highest BCUT2D eigenvalue weighted by Gasteiger charge is 2.22. The van der Waals surface area contributed by atoms with Crippen molar-refractivity contribution in [1.29, 1.82) is 0 Å². The molecule has 0 bridgehead atoms. The Hall–Kier alpha value is -3.79. The number of aliphatic hydroxyl groups is 2. The highest BCUT2D eigenvalue weighted by atomic mass is 16.5. The van der Waals surface area contributed by atoms with Gasteiger partial charge in [-0.05, 0) is 91.0 Å². The van der Waals surface area contributed by atoms with E-state index >= 15 is 0 Å². The number of Topliss-reactive ketones (excluding diaryl/α,β-unsaturated/α-hetero) is 1. The number of ketones is 1. The summed E-state index contributed by atoms with van der Waals surface area (Å²) in [6.07, 6.45) is 2.66. The van der Waals surface area contributed by atoms with Gasteiger partial charge in [0, 0.05) is 19.4 Å². The second kappa shape index (κ2) is 15.9. The number of aliphatic hydroxyl groups excluding tert-OH is 2. The van der Waals surface area contributed by atoms with E-state index in [1.165, 1.54) is 19.2 Å². The van der Waals surface area contributed by atoms with Gasteiger partial charge in [-0.1, -0.05) is 30.3 Å². The number of hydrogen-bond acceptors (Lipinski definition) is 9. The van der Waals surface area contributed by atoms with E-state index in [1.807, 2.05) is 24.3 Å². The van der Waals surface area contributed by atoms with Gasteiger partial charge in [0.15, 0.2) is 23.0 Å². The average Bonchev–Trinajstić information content (AvgIpc) is 2.96. The molecule has 9 nitrogen and oxygen atoms in total. The highest BCUT2D eigenvalue weighted by Crippen LogP contribution is 2.40. The Bertz CT molecular complexity index is 1280. The molecule has 0 aromatic heterocycles. The summed E-state index contributed by atoms with van der Waals surface area (Å²) in [7, 11) is 1.40. The summed E-state index contributed by atoms with van der Waals surface area (Å²) in [6, 6.07) is 16.0. The van der Waals surface area contributed by atoms with Gasteiger partial charge in [0.1, 0.15) is 12.5 Å². The van der Waals surface area contributed by atoms with Crippen molar-refractivity contribution in [3.05, 3.63) is 76.9 Å². The molecule has 0 fully saturated rings. The fourth-order valence-corrected chi connectivity index (χ4v) is 5.05. The molecule has 0 saturated carbocycles. The summed E-state index contributed by atoms with van der Waals surface area (Å²) in [5.74, 6) is -0.653. The van der Waals surface area contributed by atoms with Crippen LogP contribution < -0.4 is 15.2 Å². The topological polar surface area (TPSA) is 163 Å². The maximum atomic E-state index is 12.8. The Morgan fingerprint density at radius 2 is 1.66 bits per heavy atom. The zero-order valence-electron chi connectivity index (χ0n) is 23.5. The molecule has 0 heterocycles. The Labute approximate surface area is 240 Å². The molecule has 0 aliphatic rings. The summed E-state index contributed by atoms with van der Waals surface area (Å²) in [5, 5.41) is 50.5. The molecule has 3 aromatic carbocycles. The number of aryl methyl sites for hydroxylation is 3. The first kappa shape index (κ1) is 31.7. The van der Waals surface area contributed by atoms with Gasteiger partial charge in [-0.2, -0.15) is 0 Å². The molecule has 0 radical (unpaired) electrons. The van der Waals surface area contributed by atoms with Crippen molar-refractivity contribution in [2.75, 3.05) is 20.4 Å². The Balaban J connectivity index is 1.71. The molecule has 0 aliphatic carbocycles. The van der Waals surface area contributed by atoms with E-state index in [2.05, 4.69) is 0 Å². The fraction of sp³-hybridized carbons (Fsp3) is 0.406. The number of phenolic OH excluding ortho intramolecular Hbond substituents is 3. The maximum absolute atomic E-state index is 12.8. The molecule has 9 heteroatoms. The summed E-state index contributed by atoms with van der Waals surface area (Å²) < 4.78 is 10.4. The highest BCUT2D eigenvalue weighted by molar-refractivity contribution is 5.79. The smallest absolute Gasteiger partial charge is 0.200 e. The van der Waals surface area contributed by atoms with Gasteiger partial charge >= 0.3 is 0 Å². The van der Waals surface area contributed by atoms with Crippen LogP contribution in [0.2, 0.25) is 0 Å². The fourth-order valence-electron chi connectivity index (χ4n) is 5.05. The number of carbonyl (C=O) groups is 1. The van der Waals surface area contributed by atoms with Crippen LogP contribution in [0, 0.1) is 0 Å². The maximum Gasteiger partial charge on any atom is 0.200 e. The minimum absolute atomic E-state index is 0.0279. The predicted octanol–water partition coefficient (Wildman–Crippen LogP) is 4.09. The number of aromatic hydroxyl groups is 3. The Morgan fingerprint density at radius 1 is 0.927 bits per heavy atom. The summed E-state index contributed by atoms with van der Waals surface area (Å²) in [5.41, 5.74) is 9.17. The molecule has 0 saturated heterocycles. The first-order valence-electron chi connectivity index (χ1n) is 13.9. The molecule has 3 aromatic rings. The second-order valence-corrected chi connectivity index (χ2v) is 10.2. The molecule has 7 N–H and O–H groups in total. The first-order chi connectivity index (χ1) is 19.7. The molecule has 3 rings (SSSR count). The van der Waals surface area contributed by atoms with Crippen LogP contribution in [0.3, 0.4) is 0 Å².